The third kappa shape index (κ3) is 4.75. The first kappa shape index (κ1) is 24.5. The monoisotopic (exact) mass is 524 g/mol. The highest BCUT2D eigenvalue weighted by Gasteiger charge is 2.30. The molecule has 1 aromatic carbocycles. The summed E-state index contributed by atoms with van der Waals surface area (Å²) < 4.78 is 6.90. The van der Waals surface area contributed by atoms with Gasteiger partial charge in [-0.3, -0.25) is 19.0 Å². The van der Waals surface area contributed by atoms with E-state index in [0.29, 0.717) is 40.2 Å². The zero-order valence-electron chi connectivity index (χ0n) is 19.7. The number of ether oxygens (including phenoxy) is 1. The largest absolute Gasteiger partial charge is 0.457 e. The normalized spacial score (nSPS) is 17.4. The molecule has 0 N–H and O–H groups in total. The van der Waals surface area contributed by atoms with Gasteiger partial charge < -0.3 is 9.64 Å². The number of nitriles is 1. The van der Waals surface area contributed by atoms with Crippen molar-refractivity contribution < 1.29 is 14.3 Å². The molecular weight excluding hydrogens is 500 g/mol. The number of piperidine rings is 1. The van der Waals surface area contributed by atoms with E-state index in [1.165, 1.54) is 20.8 Å². The van der Waals surface area contributed by atoms with Crippen molar-refractivity contribution in [1.82, 2.24) is 14.5 Å². The van der Waals surface area contributed by atoms with Crippen LogP contribution < -0.4 is 5.56 Å². The van der Waals surface area contributed by atoms with Gasteiger partial charge in [0.05, 0.1) is 17.4 Å². The molecule has 1 unspecified atom stereocenters. The molecule has 1 amide bonds. The first-order chi connectivity index (χ1) is 17.5. The summed E-state index contributed by atoms with van der Waals surface area (Å²) in [6.07, 6.45) is 5.21. The number of rotatable bonds is 5. The molecule has 3 aromatic rings. The van der Waals surface area contributed by atoms with Gasteiger partial charge in [-0.1, -0.05) is 11.6 Å². The Kier molecular flexibility index (Phi) is 7.08. The van der Waals surface area contributed by atoms with Crippen LogP contribution in [0.5, 0.6) is 0 Å². The highest BCUT2D eigenvalue weighted by Crippen LogP contribution is 2.34. The lowest BCUT2D eigenvalue weighted by atomic mass is 9.97. The number of benzene rings is 1. The number of halogens is 1. The van der Waals surface area contributed by atoms with Crippen LogP contribution in [0.4, 0.5) is 0 Å². The number of aryl methyl sites for hydroxylation is 2. The predicted molar refractivity (Wildman–Crippen MR) is 136 cm³/mol. The summed E-state index contributed by atoms with van der Waals surface area (Å²) >= 11 is 7.44. The van der Waals surface area contributed by atoms with Gasteiger partial charge in [-0.25, -0.2) is 4.98 Å². The third-order valence-electron chi connectivity index (χ3n) is 6.86. The van der Waals surface area contributed by atoms with Gasteiger partial charge in [0.2, 0.25) is 0 Å². The Morgan fingerprint density at radius 2 is 1.97 bits per heavy atom. The van der Waals surface area contributed by atoms with Crippen molar-refractivity contribution in [2.24, 2.45) is 5.92 Å². The van der Waals surface area contributed by atoms with E-state index < -0.39 is 11.9 Å². The zero-order valence-corrected chi connectivity index (χ0v) is 21.2. The topological polar surface area (TPSA) is 105 Å². The lowest BCUT2D eigenvalue weighted by Gasteiger charge is -2.31. The van der Waals surface area contributed by atoms with Crippen LogP contribution in [-0.2, 0) is 35.5 Å². The van der Waals surface area contributed by atoms with Crippen molar-refractivity contribution in [3.05, 3.63) is 61.5 Å². The highest BCUT2D eigenvalue weighted by atomic mass is 35.5. The maximum atomic E-state index is 13.3. The Balaban J connectivity index is 1.31. The number of carbonyl (C=O) groups excluding carboxylic acids is 2. The van der Waals surface area contributed by atoms with E-state index in [9.17, 15) is 19.6 Å². The van der Waals surface area contributed by atoms with Crippen molar-refractivity contribution >= 4 is 45.0 Å². The predicted octanol–water partition coefficient (Wildman–Crippen LogP) is 4.11. The Bertz CT molecular complexity index is 1420. The Hall–Kier alpha value is -3.22. The Morgan fingerprint density at radius 3 is 2.75 bits per heavy atom. The molecule has 3 heterocycles. The van der Waals surface area contributed by atoms with Crippen molar-refractivity contribution in [2.75, 3.05) is 13.1 Å². The van der Waals surface area contributed by atoms with Crippen LogP contribution in [-0.4, -0.2) is 39.4 Å². The van der Waals surface area contributed by atoms with Gasteiger partial charge in [0.15, 0.2) is 5.82 Å². The molecule has 1 aliphatic carbocycles. The van der Waals surface area contributed by atoms with Crippen molar-refractivity contribution in [3.8, 4) is 6.07 Å². The number of esters is 1. The minimum absolute atomic E-state index is 0.152. The van der Waals surface area contributed by atoms with Crippen LogP contribution in [0.25, 0.3) is 10.2 Å². The molecule has 5 rings (SSSR count). The van der Waals surface area contributed by atoms with Crippen LogP contribution in [0, 0.1) is 17.2 Å². The van der Waals surface area contributed by atoms with Gasteiger partial charge in [0.25, 0.3) is 11.5 Å². The summed E-state index contributed by atoms with van der Waals surface area (Å²) in [4.78, 5) is 47.2. The van der Waals surface area contributed by atoms with E-state index in [4.69, 9.17) is 16.3 Å². The smallest absolute Gasteiger partial charge is 0.311 e. The average Bonchev–Trinajstić information content (AvgIpc) is 3.28. The van der Waals surface area contributed by atoms with E-state index in [0.717, 1.165) is 31.2 Å². The standard InChI is InChI=1S/C26H25ClN4O4S/c27-18-9-7-16(8-10-18)24(32)30-12-3-4-17(14-30)26(34)35-15-21-29-23-22(25(33)31(21)13-11-28)19-5-1-2-6-20(19)36-23/h7-10,17H,1-6,12-15H2. The fourth-order valence-corrected chi connectivity index (χ4v) is 6.40. The van der Waals surface area contributed by atoms with E-state index >= 15 is 0 Å². The molecule has 2 aromatic heterocycles. The summed E-state index contributed by atoms with van der Waals surface area (Å²) in [7, 11) is 0. The van der Waals surface area contributed by atoms with Gasteiger partial charge in [0.1, 0.15) is 18.0 Å². The number of hydrogen-bond acceptors (Lipinski definition) is 7. The van der Waals surface area contributed by atoms with Crippen LogP contribution in [0.2, 0.25) is 5.02 Å². The SMILES string of the molecule is N#CCn1c(COC(=O)C2CCCN(C(=O)c3ccc(Cl)cc3)C2)nc2sc3c(c2c1=O)CCCC3. The number of likely N-dealkylation sites (tertiary alicyclic amines) is 1. The molecule has 8 nitrogen and oxygen atoms in total. The van der Waals surface area contributed by atoms with Crippen molar-refractivity contribution in [2.45, 2.75) is 51.7 Å². The summed E-state index contributed by atoms with van der Waals surface area (Å²) in [5, 5.41) is 10.5. The van der Waals surface area contributed by atoms with Gasteiger partial charge in [0, 0.05) is 28.6 Å². The number of nitrogens with zero attached hydrogens (tertiary/aromatic N) is 4. The van der Waals surface area contributed by atoms with Crippen LogP contribution in [0.15, 0.2) is 29.1 Å². The molecule has 186 valence electrons. The molecule has 10 heteroatoms. The molecule has 36 heavy (non-hydrogen) atoms. The number of amides is 1. The van der Waals surface area contributed by atoms with Gasteiger partial charge in [-0.15, -0.1) is 11.3 Å². The highest BCUT2D eigenvalue weighted by molar-refractivity contribution is 7.18. The van der Waals surface area contributed by atoms with Crippen molar-refractivity contribution in [3.63, 3.8) is 0 Å². The number of thiophene rings is 1. The van der Waals surface area contributed by atoms with E-state index in [1.54, 1.807) is 29.2 Å². The molecular formula is C26H25ClN4O4S. The first-order valence-corrected chi connectivity index (χ1v) is 13.3. The molecule has 0 saturated carbocycles. The van der Waals surface area contributed by atoms with E-state index in [1.807, 2.05) is 6.07 Å². The molecule has 2 aliphatic rings. The van der Waals surface area contributed by atoms with E-state index in [2.05, 4.69) is 4.98 Å². The second-order valence-electron chi connectivity index (χ2n) is 9.17. The summed E-state index contributed by atoms with van der Waals surface area (Å²) in [6.45, 7) is 0.464. The molecule has 0 bridgehead atoms. The maximum absolute atomic E-state index is 13.3. The Morgan fingerprint density at radius 1 is 1.19 bits per heavy atom. The van der Waals surface area contributed by atoms with Crippen LogP contribution in [0.1, 0.15) is 52.3 Å². The molecule has 1 aliphatic heterocycles. The molecule has 1 atom stereocenters. The van der Waals surface area contributed by atoms with Gasteiger partial charge in [-0.05, 0) is 68.4 Å². The molecule has 0 radical (unpaired) electrons. The molecule has 0 spiro atoms. The lowest BCUT2D eigenvalue weighted by Crippen LogP contribution is -2.42. The van der Waals surface area contributed by atoms with Crippen LogP contribution >= 0.6 is 22.9 Å². The number of aromatic nitrogens is 2. The second-order valence-corrected chi connectivity index (χ2v) is 10.7. The quantitative estimate of drug-likeness (QED) is 0.465. The number of hydrogen-bond donors (Lipinski definition) is 0. The Labute approximate surface area is 217 Å². The second kappa shape index (κ2) is 10.4. The minimum Gasteiger partial charge on any atom is -0.457 e. The van der Waals surface area contributed by atoms with Gasteiger partial charge >= 0.3 is 5.97 Å². The average molecular weight is 525 g/mol. The maximum Gasteiger partial charge on any atom is 0.311 e. The fourth-order valence-electron chi connectivity index (χ4n) is 5.01. The van der Waals surface area contributed by atoms with Crippen molar-refractivity contribution in [1.29, 1.82) is 5.26 Å². The fraction of sp³-hybridized carbons (Fsp3) is 0.423. The number of carbonyl (C=O) groups is 2. The van der Waals surface area contributed by atoms with Gasteiger partial charge in [-0.2, -0.15) is 5.26 Å². The van der Waals surface area contributed by atoms with Crippen LogP contribution in [0.3, 0.4) is 0 Å². The van der Waals surface area contributed by atoms with E-state index in [-0.39, 0.29) is 37.0 Å². The summed E-state index contributed by atoms with van der Waals surface area (Å²) in [5.74, 6) is -0.789. The molecule has 1 saturated heterocycles. The first-order valence-electron chi connectivity index (χ1n) is 12.1. The summed E-state index contributed by atoms with van der Waals surface area (Å²) in [5.41, 5.74) is 1.33. The summed E-state index contributed by atoms with van der Waals surface area (Å²) in [6, 6.07) is 8.70. The molecule has 1 fully saturated rings. The lowest BCUT2D eigenvalue weighted by molar-refractivity contribution is -0.151. The minimum atomic E-state index is -0.469. The number of fused-ring (bicyclic) bond motifs is 3. The third-order valence-corrected chi connectivity index (χ3v) is 8.30. The zero-order chi connectivity index (χ0) is 25.2.